The van der Waals surface area contributed by atoms with E-state index in [9.17, 15) is 0 Å². The summed E-state index contributed by atoms with van der Waals surface area (Å²) in [7, 11) is 0. The highest BCUT2D eigenvalue weighted by Crippen LogP contribution is 2.23. The Labute approximate surface area is 203 Å². The molecule has 1 aliphatic heterocycles. The lowest BCUT2D eigenvalue weighted by Gasteiger charge is -2.33. The molecular formula is C30H60N2. The number of rotatable bonds is 24. The molecule has 1 atom stereocenters. The van der Waals surface area contributed by atoms with Crippen LogP contribution in [0.2, 0.25) is 0 Å². The largest absolute Gasteiger partial charge is 0.356 e. The van der Waals surface area contributed by atoms with Gasteiger partial charge in [-0.25, -0.2) is 0 Å². The van der Waals surface area contributed by atoms with Crippen LogP contribution in [0, 0.1) is 0 Å². The predicted octanol–water partition coefficient (Wildman–Crippen LogP) is 10.0. The van der Waals surface area contributed by atoms with E-state index in [2.05, 4.69) is 43.0 Å². The maximum absolute atomic E-state index is 2.66. The molecule has 0 spiro atoms. The molecule has 0 N–H and O–H groups in total. The van der Waals surface area contributed by atoms with Crippen LogP contribution in [0.3, 0.4) is 0 Å². The number of hydrogen-bond donors (Lipinski definition) is 0. The second-order valence-corrected chi connectivity index (χ2v) is 10.4. The van der Waals surface area contributed by atoms with Crippen molar-refractivity contribution in [1.82, 2.24) is 9.80 Å². The first-order chi connectivity index (χ1) is 15.8. The molecule has 0 saturated heterocycles. The normalized spacial score (nSPS) is 15.9. The topological polar surface area (TPSA) is 6.48 Å². The summed E-state index contributed by atoms with van der Waals surface area (Å²) in [5.41, 5.74) is 0. The zero-order valence-electron chi connectivity index (χ0n) is 22.6. The van der Waals surface area contributed by atoms with Crippen LogP contribution in [0.1, 0.15) is 162 Å². The summed E-state index contributed by atoms with van der Waals surface area (Å²) in [6.45, 7) is 9.46. The van der Waals surface area contributed by atoms with Crippen molar-refractivity contribution in [2.75, 3.05) is 13.1 Å². The summed E-state index contributed by atoms with van der Waals surface area (Å²) >= 11 is 0. The smallest absolute Gasteiger partial charge is 0.101 e. The van der Waals surface area contributed by atoms with Crippen LogP contribution in [0.15, 0.2) is 12.4 Å². The third kappa shape index (κ3) is 15.2. The van der Waals surface area contributed by atoms with Gasteiger partial charge in [-0.3, -0.25) is 0 Å². The first-order valence-electron chi connectivity index (χ1n) is 15.0. The molecule has 1 heterocycles. The van der Waals surface area contributed by atoms with Crippen LogP contribution in [0.5, 0.6) is 0 Å². The Morgan fingerprint density at radius 1 is 0.406 bits per heavy atom. The van der Waals surface area contributed by atoms with E-state index in [1.165, 1.54) is 154 Å². The molecule has 190 valence electrons. The van der Waals surface area contributed by atoms with Crippen molar-refractivity contribution in [1.29, 1.82) is 0 Å². The molecule has 0 aliphatic carbocycles. The molecule has 0 aromatic rings. The van der Waals surface area contributed by atoms with Gasteiger partial charge in [0.25, 0.3) is 0 Å². The minimum atomic E-state index is 0.641. The second kappa shape index (κ2) is 22.1. The van der Waals surface area contributed by atoms with E-state index < -0.39 is 0 Å². The molecule has 0 radical (unpaired) electrons. The van der Waals surface area contributed by atoms with E-state index >= 15 is 0 Å². The molecular weight excluding hydrogens is 388 g/mol. The van der Waals surface area contributed by atoms with Gasteiger partial charge in [0.2, 0.25) is 0 Å². The average molecular weight is 449 g/mol. The molecule has 0 bridgehead atoms. The Balaban J connectivity index is 2.10. The van der Waals surface area contributed by atoms with Gasteiger partial charge >= 0.3 is 0 Å². The van der Waals surface area contributed by atoms with Crippen molar-refractivity contribution < 1.29 is 0 Å². The molecule has 0 aromatic carbocycles. The first-order valence-corrected chi connectivity index (χ1v) is 15.0. The maximum atomic E-state index is 2.66. The van der Waals surface area contributed by atoms with Crippen molar-refractivity contribution in [2.24, 2.45) is 0 Å². The Hall–Kier alpha value is -0.660. The minimum Gasteiger partial charge on any atom is -0.356 e. The maximum Gasteiger partial charge on any atom is 0.101 e. The summed E-state index contributed by atoms with van der Waals surface area (Å²) in [4.78, 5) is 5.32. The quantitative estimate of drug-likeness (QED) is 0.135. The first kappa shape index (κ1) is 29.4. The minimum absolute atomic E-state index is 0.641. The van der Waals surface area contributed by atoms with Gasteiger partial charge in [0, 0.05) is 25.5 Å². The number of unbranched alkanes of at least 4 members (excludes halogenated alkanes) is 18. The SMILES string of the molecule is CCCCCCCCCCCCCN1C=CN(CCCCCCCCCC)C1CCCC. The van der Waals surface area contributed by atoms with Crippen molar-refractivity contribution in [2.45, 2.75) is 168 Å². The third-order valence-corrected chi connectivity index (χ3v) is 7.32. The number of nitrogens with zero attached hydrogens (tertiary/aromatic N) is 2. The van der Waals surface area contributed by atoms with Crippen LogP contribution >= 0.6 is 0 Å². The lowest BCUT2D eigenvalue weighted by Crippen LogP contribution is -2.39. The van der Waals surface area contributed by atoms with Gasteiger partial charge < -0.3 is 9.80 Å². The van der Waals surface area contributed by atoms with Crippen LogP contribution in [-0.2, 0) is 0 Å². The molecule has 32 heavy (non-hydrogen) atoms. The van der Waals surface area contributed by atoms with Crippen LogP contribution in [0.4, 0.5) is 0 Å². The van der Waals surface area contributed by atoms with E-state index in [4.69, 9.17) is 0 Å². The highest BCUT2D eigenvalue weighted by Gasteiger charge is 2.24. The van der Waals surface area contributed by atoms with Gasteiger partial charge in [-0.05, 0) is 25.7 Å². The monoisotopic (exact) mass is 448 g/mol. The lowest BCUT2D eigenvalue weighted by atomic mass is 10.1. The summed E-state index contributed by atoms with van der Waals surface area (Å²) in [5.74, 6) is 0. The van der Waals surface area contributed by atoms with Gasteiger partial charge in [-0.2, -0.15) is 0 Å². The van der Waals surface area contributed by atoms with Crippen molar-refractivity contribution in [3.8, 4) is 0 Å². The summed E-state index contributed by atoms with van der Waals surface area (Å²) in [6.07, 6.45) is 36.6. The molecule has 0 fully saturated rings. The zero-order chi connectivity index (χ0) is 23.1. The van der Waals surface area contributed by atoms with E-state index in [-0.39, 0.29) is 0 Å². The van der Waals surface area contributed by atoms with Gasteiger partial charge in [0.1, 0.15) is 6.17 Å². The van der Waals surface area contributed by atoms with Crippen molar-refractivity contribution >= 4 is 0 Å². The van der Waals surface area contributed by atoms with E-state index in [0.29, 0.717) is 6.17 Å². The highest BCUT2D eigenvalue weighted by molar-refractivity contribution is 4.96. The Bertz CT molecular complexity index is 406. The Kier molecular flexibility index (Phi) is 20.3. The van der Waals surface area contributed by atoms with E-state index in [0.717, 1.165) is 0 Å². The fourth-order valence-corrected chi connectivity index (χ4v) is 5.11. The highest BCUT2D eigenvalue weighted by atomic mass is 15.4. The van der Waals surface area contributed by atoms with Crippen LogP contribution in [0.25, 0.3) is 0 Å². The average Bonchev–Trinajstić information content (AvgIpc) is 3.19. The molecule has 0 saturated carbocycles. The van der Waals surface area contributed by atoms with Crippen molar-refractivity contribution in [3.05, 3.63) is 12.4 Å². The van der Waals surface area contributed by atoms with Crippen molar-refractivity contribution in [3.63, 3.8) is 0 Å². The van der Waals surface area contributed by atoms with Crippen LogP contribution in [-0.4, -0.2) is 29.1 Å². The summed E-state index contributed by atoms with van der Waals surface area (Å²) < 4.78 is 0. The molecule has 2 nitrogen and oxygen atoms in total. The predicted molar refractivity (Wildman–Crippen MR) is 145 cm³/mol. The van der Waals surface area contributed by atoms with E-state index in [1.807, 2.05) is 0 Å². The fraction of sp³-hybridized carbons (Fsp3) is 0.933. The summed E-state index contributed by atoms with van der Waals surface area (Å²) in [5, 5.41) is 0. The van der Waals surface area contributed by atoms with Gasteiger partial charge in [0.05, 0.1) is 0 Å². The Morgan fingerprint density at radius 3 is 1.06 bits per heavy atom. The zero-order valence-corrected chi connectivity index (χ0v) is 22.6. The molecule has 0 aromatic heterocycles. The number of hydrogen-bond acceptors (Lipinski definition) is 2. The van der Waals surface area contributed by atoms with Gasteiger partial charge in [-0.15, -0.1) is 0 Å². The van der Waals surface area contributed by atoms with Crippen LogP contribution < -0.4 is 0 Å². The van der Waals surface area contributed by atoms with Gasteiger partial charge in [-0.1, -0.05) is 136 Å². The second-order valence-electron chi connectivity index (χ2n) is 10.4. The summed E-state index contributed by atoms with van der Waals surface area (Å²) in [6, 6.07) is 0. The molecule has 1 unspecified atom stereocenters. The lowest BCUT2D eigenvalue weighted by molar-refractivity contribution is 0.136. The molecule has 2 heteroatoms. The third-order valence-electron chi connectivity index (χ3n) is 7.32. The van der Waals surface area contributed by atoms with E-state index in [1.54, 1.807) is 0 Å². The molecule has 0 amide bonds. The standard InChI is InChI=1S/C30H60N2/c1-4-7-10-12-14-16-17-18-20-22-24-27-32-29-28-31(30(32)25-9-6-3)26-23-21-19-15-13-11-8-5-2/h28-30H,4-27H2,1-3H3. The molecule has 1 rings (SSSR count). The van der Waals surface area contributed by atoms with Gasteiger partial charge in [0.15, 0.2) is 0 Å². The Morgan fingerprint density at radius 2 is 0.719 bits per heavy atom. The fourth-order valence-electron chi connectivity index (χ4n) is 5.11. The molecule has 1 aliphatic rings.